The highest BCUT2D eigenvalue weighted by Crippen LogP contribution is 2.38. The number of hydrogen-bond donors (Lipinski definition) is 1. The number of aryl methyl sites for hydroxylation is 1. The number of hydrogen-bond acceptors (Lipinski definition) is 6. The van der Waals surface area contributed by atoms with E-state index in [4.69, 9.17) is 10.7 Å². The number of piperazine rings is 1. The predicted octanol–water partition coefficient (Wildman–Crippen LogP) is 6.07. The number of halogens is 2. The highest BCUT2D eigenvalue weighted by Gasteiger charge is 2.38. The van der Waals surface area contributed by atoms with Gasteiger partial charge >= 0.3 is 0 Å². The number of nitrogens with zero attached hydrogens (tertiary/aromatic N) is 4. The first-order valence-corrected chi connectivity index (χ1v) is 17.1. The molecule has 0 spiro atoms. The number of Topliss-reactive ketones (excluding diaryl/α,β-unsaturated/α-hetero) is 1. The van der Waals surface area contributed by atoms with Crippen LogP contribution in [0.2, 0.25) is 0 Å². The van der Waals surface area contributed by atoms with Gasteiger partial charge in [-0.2, -0.15) is 0 Å². The summed E-state index contributed by atoms with van der Waals surface area (Å²) in [6.45, 7) is 6.73. The Kier molecular flexibility index (Phi) is 11.9. The van der Waals surface area contributed by atoms with Crippen molar-refractivity contribution in [1.82, 2.24) is 19.7 Å². The SMILES string of the molecule is CN1CCN(CC[C@@H](CC(=O)C2CCC(F)(F)CC2)c2ccccc2)C[C@H]1CN(CCCCN)C1CCCc2cccnc21. The number of benzene rings is 1. The van der Waals surface area contributed by atoms with E-state index in [0.717, 1.165) is 77.9 Å². The number of unbranched alkanes of at least 4 members (excludes halogenated alkanes) is 1. The summed E-state index contributed by atoms with van der Waals surface area (Å²) in [5, 5.41) is 0. The third-order valence-corrected chi connectivity index (χ3v) is 10.5. The van der Waals surface area contributed by atoms with E-state index in [1.807, 2.05) is 24.4 Å². The number of rotatable bonds is 14. The van der Waals surface area contributed by atoms with Crippen molar-refractivity contribution in [1.29, 1.82) is 0 Å². The second-order valence-electron chi connectivity index (χ2n) is 13.6. The fourth-order valence-electron chi connectivity index (χ4n) is 7.68. The smallest absolute Gasteiger partial charge is 0.248 e. The molecule has 3 aliphatic rings. The van der Waals surface area contributed by atoms with Gasteiger partial charge in [0, 0.05) is 63.6 Å². The van der Waals surface area contributed by atoms with Crippen LogP contribution in [0.1, 0.15) is 93.0 Å². The minimum Gasteiger partial charge on any atom is -0.330 e. The van der Waals surface area contributed by atoms with E-state index < -0.39 is 5.92 Å². The Morgan fingerprint density at radius 1 is 1.09 bits per heavy atom. The zero-order chi connectivity index (χ0) is 30.9. The van der Waals surface area contributed by atoms with Crippen LogP contribution in [0, 0.1) is 5.92 Å². The Labute approximate surface area is 263 Å². The van der Waals surface area contributed by atoms with Gasteiger partial charge in [-0.1, -0.05) is 36.4 Å². The number of likely N-dealkylation sites (N-methyl/N-ethyl adjacent to an activating group) is 1. The summed E-state index contributed by atoms with van der Waals surface area (Å²) >= 11 is 0. The molecule has 0 radical (unpaired) electrons. The molecule has 0 amide bonds. The third-order valence-electron chi connectivity index (χ3n) is 10.5. The van der Waals surface area contributed by atoms with Crippen molar-refractivity contribution in [2.75, 3.05) is 52.9 Å². The summed E-state index contributed by atoms with van der Waals surface area (Å²) < 4.78 is 27.5. The lowest BCUT2D eigenvalue weighted by Gasteiger charge is -2.44. The number of alkyl halides is 2. The van der Waals surface area contributed by atoms with Crippen LogP contribution in [0.3, 0.4) is 0 Å². The number of nitrogens with two attached hydrogens (primary N) is 1. The van der Waals surface area contributed by atoms with E-state index in [0.29, 0.717) is 31.3 Å². The highest BCUT2D eigenvalue weighted by atomic mass is 19.3. The maximum Gasteiger partial charge on any atom is 0.248 e. The summed E-state index contributed by atoms with van der Waals surface area (Å²) in [5.74, 6) is -2.55. The molecular formula is C36H53F2N5O. The largest absolute Gasteiger partial charge is 0.330 e. The fourth-order valence-corrected chi connectivity index (χ4v) is 7.68. The second kappa shape index (κ2) is 15.8. The number of ketones is 1. The van der Waals surface area contributed by atoms with Crippen LogP contribution in [0.15, 0.2) is 48.7 Å². The van der Waals surface area contributed by atoms with Gasteiger partial charge in [-0.25, -0.2) is 8.78 Å². The molecule has 6 nitrogen and oxygen atoms in total. The Bertz CT molecular complexity index is 1170. The van der Waals surface area contributed by atoms with Crippen molar-refractivity contribution >= 4 is 5.78 Å². The maximum atomic E-state index is 13.8. The van der Waals surface area contributed by atoms with Gasteiger partial charge in [-0.05, 0) is 101 Å². The van der Waals surface area contributed by atoms with E-state index in [2.05, 4.69) is 46.0 Å². The summed E-state index contributed by atoms with van der Waals surface area (Å²) in [7, 11) is 2.26. The van der Waals surface area contributed by atoms with Crippen LogP contribution in [-0.4, -0.2) is 90.3 Å². The number of carbonyl (C=O) groups is 1. The molecule has 1 aromatic heterocycles. The Morgan fingerprint density at radius 2 is 1.89 bits per heavy atom. The normalized spacial score (nSPS) is 23.8. The Balaban J connectivity index is 1.22. The molecule has 2 fully saturated rings. The summed E-state index contributed by atoms with van der Waals surface area (Å²) in [6.07, 6.45) is 9.20. The quantitative estimate of drug-likeness (QED) is 0.262. The van der Waals surface area contributed by atoms with E-state index >= 15 is 0 Å². The van der Waals surface area contributed by atoms with Crippen LogP contribution in [0.25, 0.3) is 0 Å². The first-order chi connectivity index (χ1) is 21.3. The first-order valence-electron chi connectivity index (χ1n) is 17.1. The lowest BCUT2D eigenvalue weighted by atomic mass is 9.80. The molecule has 2 aromatic rings. The second-order valence-corrected chi connectivity index (χ2v) is 13.6. The van der Waals surface area contributed by atoms with Crippen LogP contribution >= 0.6 is 0 Å². The van der Waals surface area contributed by atoms with Crippen molar-refractivity contribution < 1.29 is 13.6 Å². The lowest BCUT2D eigenvalue weighted by molar-refractivity contribution is -0.127. The van der Waals surface area contributed by atoms with Gasteiger partial charge in [-0.3, -0.25) is 19.6 Å². The summed E-state index contributed by atoms with van der Waals surface area (Å²) in [4.78, 5) is 26.0. The zero-order valence-electron chi connectivity index (χ0n) is 26.7. The van der Waals surface area contributed by atoms with Gasteiger partial charge < -0.3 is 10.6 Å². The molecular weight excluding hydrogens is 556 g/mol. The number of aromatic nitrogens is 1. The minimum atomic E-state index is -2.61. The Hall–Kier alpha value is -2.26. The molecule has 2 heterocycles. The number of carbonyl (C=O) groups excluding carboxylic acids is 1. The van der Waals surface area contributed by atoms with Crippen molar-refractivity contribution in [2.24, 2.45) is 11.7 Å². The molecule has 1 aliphatic heterocycles. The van der Waals surface area contributed by atoms with Crippen molar-refractivity contribution in [3.8, 4) is 0 Å². The van der Waals surface area contributed by atoms with Gasteiger partial charge in [-0.15, -0.1) is 0 Å². The van der Waals surface area contributed by atoms with Gasteiger partial charge in [0.15, 0.2) is 0 Å². The van der Waals surface area contributed by atoms with Crippen LogP contribution in [0.5, 0.6) is 0 Å². The topological polar surface area (TPSA) is 65.7 Å². The standard InChI is InChI=1S/C36H53F2N5O/c1-41-23-24-42(22-16-31(28-9-3-2-4-10-28)25-34(44)29-14-17-36(37,38)18-15-29)26-32(41)27-43(21-6-5-19-39)33-13-7-11-30-12-8-20-40-35(30)33/h2-4,8-10,12,20,29,31-33H,5-7,11,13-19,21-27,39H2,1H3/t31-,32-,33?/m0/s1. The number of fused-ring (bicyclic) bond motifs is 1. The van der Waals surface area contributed by atoms with Crippen LogP contribution in [0.4, 0.5) is 8.78 Å². The minimum absolute atomic E-state index is 0.113. The highest BCUT2D eigenvalue weighted by molar-refractivity contribution is 5.82. The Morgan fingerprint density at radius 3 is 2.66 bits per heavy atom. The van der Waals surface area contributed by atoms with Crippen molar-refractivity contribution in [3.63, 3.8) is 0 Å². The summed E-state index contributed by atoms with van der Waals surface area (Å²) in [5.41, 5.74) is 9.72. The molecule has 2 aliphatic carbocycles. The lowest BCUT2D eigenvalue weighted by Crippen LogP contribution is -2.56. The average Bonchev–Trinajstić information content (AvgIpc) is 3.04. The molecule has 242 valence electrons. The van der Waals surface area contributed by atoms with Crippen molar-refractivity contribution in [2.45, 2.75) is 94.6 Å². The van der Waals surface area contributed by atoms with E-state index in [1.165, 1.54) is 23.2 Å². The molecule has 1 saturated carbocycles. The van der Waals surface area contributed by atoms with Crippen molar-refractivity contribution in [3.05, 3.63) is 65.5 Å². The monoisotopic (exact) mass is 609 g/mol. The molecule has 8 heteroatoms. The first kappa shape index (κ1) is 33.1. The van der Waals surface area contributed by atoms with E-state index in [9.17, 15) is 13.6 Å². The van der Waals surface area contributed by atoms with Gasteiger partial charge in [0.05, 0.1) is 11.7 Å². The third kappa shape index (κ3) is 8.93. The molecule has 44 heavy (non-hydrogen) atoms. The van der Waals surface area contributed by atoms with Crippen LogP contribution < -0.4 is 5.73 Å². The molecule has 1 aromatic carbocycles. The van der Waals surface area contributed by atoms with E-state index in [1.54, 1.807) is 0 Å². The zero-order valence-corrected chi connectivity index (χ0v) is 26.7. The molecule has 1 saturated heterocycles. The molecule has 3 atom stereocenters. The van der Waals surface area contributed by atoms with Gasteiger partial charge in [0.2, 0.25) is 5.92 Å². The summed E-state index contributed by atoms with van der Waals surface area (Å²) in [6, 6.07) is 15.4. The number of pyridine rings is 1. The van der Waals surface area contributed by atoms with E-state index in [-0.39, 0.29) is 30.5 Å². The van der Waals surface area contributed by atoms with Crippen LogP contribution in [-0.2, 0) is 11.2 Å². The predicted molar refractivity (Wildman–Crippen MR) is 173 cm³/mol. The molecule has 0 bridgehead atoms. The molecule has 1 unspecified atom stereocenters. The average molecular weight is 610 g/mol. The fraction of sp³-hybridized carbons (Fsp3) is 0.667. The van der Waals surface area contributed by atoms with Gasteiger partial charge in [0.1, 0.15) is 5.78 Å². The van der Waals surface area contributed by atoms with Gasteiger partial charge in [0.25, 0.3) is 0 Å². The molecule has 5 rings (SSSR count). The molecule has 2 N–H and O–H groups in total. The maximum absolute atomic E-state index is 13.8.